The van der Waals surface area contributed by atoms with E-state index in [1.807, 2.05) is 44.2 Å². The summed E-state index contributed by atoms with van der Waals surface area (Å²) in [6.07, 6.45) is 10.4. The van der Waals surface area contributed by atoms with Crippen LogP contribution in [0.2, 0.25) is 0 Å². The molecule has 1 spiro atoms. The van der Waals surface area contributed by atoms with Crippen molar-refractivity contribution in [2.75, 3.05) is 27.2 Å². The number of likely N-dealkylation sites (tertiary alicyclic amines) is 1. The molecule has 3 aromatic rings. The molecular weight excluding hydrogens is 538 g/mol. The lowest BCUT2D eigenvalue weighted by Gasteiger charge is -2.41. The third kappa shape index (κ3) is 5.76. The van der Waals surface area contributed by atoms with Gasteiger partial charge in [0.15, 0.2) is 0 Å². The molecule has 228 valence electrons. The monoisotopic (exact) mass is 583 g/mol. The second kappa shape index (κ2) is 12.1. The molecule has 6 rings (SSSR count). The normalized spacial score (nSPS) is 20.5. The number of nitrogens with one attached hydrogen (secondary N) is 2. The third-order valence-electron chi connectivity index (χ3n) is 10.2. The van der Waals surface area contributed by atoms with E-state index in [4.69, 9.17) is 0 Å². The number of fused-ring (bicyclic) bond motifs is 3. The SMILES string of the molecule is CN(C)C(=O)[C@@H]1CC2(CCN(C(=O)C(Cc3cn(C)c4ccccc34)NC(=O)NC3CCCCC3)CC2)c2ccccc21. The zero-order valence-electron chi connectivity index (χ0n) is 25.8. The van der Waals surface area contributed by atoms with Crippen molar-refractivity contribution in [3.8, 4) is 0 Å². The van der Waals surface area contributed by atoms with Crippen LogP contribution in [0.25, 0.3) is 10.9 Å². The molecular formula is C35H45N5O3. The Morgan fingerprint density at radius 1 is 0.977 bits per heavy atom. The molecule has 1 aromatic heterocycles. The molecule has 2 heterocycles. The van der Waals surface area contributed by atoms with E-state index in [2.05, 4.69) is 51.7 Å². The molecule has 1 aliphatic heterocycles. The summed E-state index contributed by atoms with van der Waals surface area (Å²) in [5, 5.41) is 7.35. The fourth-order valence-electron chi connectivity index (χ4n) is 7.92. The molecule has 2 fully saturated rings. The maximum atomic E-state index is 14.2. The van der Waals surface area contributed by atoms with Gasteiger partial charge < -0.3 is 25.0 Å². The van der Waals surface area contributed by atoms with E-state index in [0.717, 1.165) is 67.0 Å². The number of hydrogen-bond acceptors (Lipinski definition) is 3. The summed E-state index contributed by atoms with van der Waals surface area (Å²) in [6.45, 7) is 1.21. The van der Waals surface area contributed by atoms with E-state index in [1.54, 1.807) is 4.90 Å². The second-order valence-electron chi connectivity index (χ2n) is 13.2. The fraction of sp³-hybridized carbons (Fsp3) is 0.514. The Bertz CT molecular complexity index is 1500. The van der Waals surface area contributed by atoms with Crippen molar-refractivity contribution in [3.05, 3.63) is 71.4 Å². The number of para-hydroxylation sites is 1. The highest BCUT2D eigenvalue weighted by atomic mass is 16.2. The van der Waals surface area contributed by atoms with Crippen molar-refractivity contribution in [2.24, 2.45) is 7.05 Å². The molecule has 8 nitrogen and oxygen atoms in total. The van der Waals surface area contributed by atoms with E-state index in [-0.39, 0.29) is 35.2 Å². The summed E-state index contributed by atoms with van der Waals surface area (Å²) in [7, 11) is 5.67. The number of aromatic nitrogens is 1. The molecule has 0 bridgehead atoms. The zero-order chi connectivity index (χ0) is 30.1. The van der Waals surface area contributed by atoms with Gasteiger partial charge in [-0.1, -0.05) is 61.7 Å². The largest absolute Gasteiger partial charge is 0.350 e. The number of nitrogens with zero attached hydrogens (tertiary/aromatic N) is 3. The first-order valence-corrected chi connectivity index (χ1v) is 15.9. The molecule has 2 N–H and O–H groups in total. The number of rotatable bonds is 6. The summed E-state index contributed by atoms with van der Waals surface area (Å²) < 4.78 is 2.09. The molecule has 3 aliphatic rings. The summed E-state index contributed by atoms with van der Waals surface area (Å²) in [6, 6.07) is 15.8. The van der Waals surface area contributed by atoms with Gasteiger partial charge in [-0.2, -0.15) is 0 Å². The van der Waals surface area contributed by atoms with Crippen molar-refractivity contribution in [1.82, 2.24) is 25.0 Å². The molecule has 43 heavy (non-hydrogen) atoms. The number of benzene rings is 2. The first kappa shape index (κ1) is 29.3. The number of amides is 4. The van der Waals surface area contributed by atoms with E-state index in [9.17, 15) is 14.4 Å². The van der Waals surface area contributed by atoms with E-state index in [1.165, 1.54) is 12.0 Å². The lowest BCUT2D eigenvalue weighted by atomic mass is 9.73. The molecule has 2 aliphatic carbocycles. The van der Waals surface area contributed by atoms with Gasteiger partial charge in [-0.3, -0.25) is 9.59 Å². The van der Waals surface area contributed by atoms with Crippen molar-refractivity contribution < 1.29 is 14.4 Å². The van der Waals surface area contributed by atoms with Crippen LogP contribution in [-0.4, -0.2) is 71.5 Å². The van der Waals surface area contributed by atoms with Crippen LogP contribution in [0.5, 0.6) is 0 Å². The predicted octanol–water partition coefficient (Wildman–Crippen LogP) is 4.86. The van der Waals surface area contributed by atoms with Crippen molar-refractivity contribution >= 4 is 28.7 Å². The van der Waals surface area contributed by atoms with E-state index in [0.29, 0.717) is 19.5 Å². The number of hydrogen-bond donors (Lipinski definition) is 2. The van der Waals surface area contributed by atoms with Crippen LogP contribution >= 0.6 is 0 Å². The Balaban J connectivity index is 1.20. The van der Waals surface area contributed by atoms with Gasteiger partial charge in [0.1, 0.15) is 6.04 Å². The molecule has 2 atom stereocenters. The minimum atomic E-state index is -0.664. The number of aryl methyl sites for hydroxylation is 1. The molecule has 1 saturated carbocycles. The van der Waals surface area contributed by atoms with Gasteiger partial charge in [-0.05, 0) is 54.9 Å². The Morgan fingerprint density at radius 2 is 1.67 bits per heavy atom. The Kier molecular flexibility index (Phi) is 8.21. The highest BCUT2D eigenvalue weighted by molar-refractivity contribution is 5.90. The summed E-state index contributed by atoms with van der Waals surface area (Å²) in [4.78, 5) is 44.2. The highest BCUT2D eigenvalue weighted by Crippen LogP contribution is 2.52. The quantitative estimate of drug-likeness (QED) is 0.435. The van der Waals surface area contributed by atoms with Gasteiger partial charge in [-0.15, -0.1) is 0 Å². The summed E-state index contributed by atoms with van der Waals surface area (Å²) >= 11 is 0. The smallest absolute Gasteiger partial charge is 0.315 e. The van der Waals surface area contributed by atoms with Gasteiger partial charge in [0.25, 0.3) is 0 Å². The standard InChI is InChI=1S/C35H45N5O3/c1-38(2)32(41)28-22-35(29-15-9-7-14-27(28)29)17-19-40(20-18-35)33(42)30(37-34(43)36-25-11-5-4-6-12-25)21-24-23-39(3)31-16-10-8-13-26(24)31/h7-10,13-16,23,25,28,30H,4-6,11-12,17-22H2,1-3H3,(H2,36,37,43)/t28-,30?/m1/s1. The van der Waals surface area contributed by atoms with Crippen molar-refractivity contribution in [1.29, 1.82) is 0 Å². The maximum Gasteiger partial charge on any atom is 0.315 e. The molecule has 8 heteroatoms. The lowest BCUT2D eigenvalue weighted by molar-refractivity contribution is -0.135. The van der Waals surface area contributed by atoms with Crippen LogP contribution < -0.4 is 10.6 Å². The summed E-state index contributed by atoms with van der Waals surface area (Å²) in [5.74, 6) is -0.0300. The number of carbonyl (C=O) groups is 3. The molecule has 1 saturated heterocycles. The average molecular weight is 584 g/mol. The summed E-state index contributed by atoms with van der Waals surface area (Å²) in [5.41, 5.74) is 4.45. The molecule has 0 radical (unpaired) electrons. The van der Waals surface area contributed by atoms with Gasteiger partial charge in [-0.25, -0.2) is 4.79 Å². The predicted molar refractivity (Wildman–Crippen MR) is 169 cm³/mol. The van der Waals surface area contributed by atoms with Gasteiger partial charge in [0, 0.05) is 69.2 Å². The Labute approximate surface area is 254 Å². The van der Waals surface area contributed by atoms with Crippen molar-refractivity contribution in [3.63, 3.8) is 0 Å². The number of likely N-dealkylation sites (N-methyl/N-ethyl adjacent to an activating group) is 1. The fourth-order valence-corrected chi connectivity index (χ4v) is 7.92. The molecule has 1 unspecified atom stereocenters. The van der Waals surface area contributed by atoms with Crippen LogP contribution in [0.3, 0.4) is 0 Å². The Hall–Kier alpha value is -3.81. The third-order valence-corrected chi connectivity index (χ3v) is 10.2. The van der Waals surface area contributed by atoms with Crippen LogP contribution in [0, 0.1) is 0 Å². The maximum absolute atomic E-state index is 14.2. The average Bonchev–Trinajstić information content (AvgIpc) is 3.51. The van der Waals surface area contributed by atoms with Gasteiger partial charge in [0.2, 0.25) is 11.8 Å². The van der Waals surface area contributed by atoms with Crippen LogP contribution in [0.15, 0.2) is 54.7 Å². The van der Waals surface area contributed by atoms with Gasteiger partial charge in [0.05, 0.1) is 5.92 Å². The van der Waals surface area contributed by atoms with E-state index >= 15 is 0 Å². The first-order chi connectivity index (χ1) is 20.8. The number of piperidine rings is 1. The minimum absolute atomic E-state index is 0.0335. The minimum Gasteiger partial charge on any atom is -0.350 e. The van der Waals surface area contributed by atoms with Crippen LogP contribution in [0.1, 0.15) is 74.0 Å². The number of carbonyl (C=O) groups excluding carboxylic acids is 3. The molecule has 2 aromatic carbocycles. The van der Waals surface area contributed by atoms with E-state index < -0.39 is 6.04 Å². The number of urea groups is 1. The second-order valence-corrected chi connectivity index (χ2v) is 13.2. The highest BCUT2D eigenvalue weighted by Gasteiger charge is 2.48. The lowest BCUT2D eigenvalue weighted by Crippen LogP contribution is -2.56. The molecule has 4 amide bonds. The van der Waals surface area contributed by atoms with Crippen LogP contribution in [-0.2, 0) is 28.5 Å². The Morgan fingerprint density at radius 3 is 2.42 bits per heavy atom. The first-order valence-electron chi connectivity index (χ1n) is 15.9. The van der Waals surface area contributed by atoms with Crippen LogP contribution in [0.4, 0.5) is 4.79 Å². The van der Waals surface area contributed by atoms with Crippen molar-refractivity contribution in [2.45, 2.75) is 81.2 Å². The topological polar surface area (TPSA) is 86.7 Å². The zero-order valence-corrected chi connectivity index (χ0v) is 25.8. The van der Waals surface area contributed by atoms with Gasteiger partial charge >= 0.3 is 6.03 Å².